The Balaban J connectivity index is 1.91. The van der Waals surface area contributed by atoms with Crippen molar-refractivity contribution in [2.45, 2.75) is 0 Å². The molecule has 1 aromatic heterocycles. The fraction of sp³-hybridized carbons (Fsp3) is 0. The van der Waals surface area contributed by atoms with E-state index in [4.69, 9.17) is 0 Å². The maximum absolute atomic E-state index is 2.27. The molecular weight excluding hydrogens is 359 g/mol. The molecule has 0 aliphatic heterocycles. The Morgan fingerprint density at radius 1 is 0.367 bits per heavy atom. The third-order valence-corrected chi connectivity index (χ3v) is 5.50. The molecule has 0 radical (unpaired) electrons. The van der Waals surface area contributed by atoms with E-state index in [-0.39, 0.29) is 0 Å². The normalized spacial score (nSPS) is 10.5. The SMILES string of the molecule is b1cc(-c2ccccc2)c(-c2ccccc2)c(-c2ccccc2)c1-c1ccccc1. The van der Waals surface area contributed by atoms with E-state index in [2.05, 4.69) is 134 Å². The Bertz CT molecular complexity index is 1140. The monoisotopic (exact) mass is 380 g/mol. The summed E-state index contributed by atoms with van der Waals surface area (Å²) in [6.45, 7) is 2.27. The van der Waals surface area contributed by atoms with Crippen molar-refractivity contribution in [1.29, 1.82) is 0 Å². The van der Waals surface area contributed by atoms with Crippen LogP contribution in [0.5, 0.6) is 0 Å². The first-order valence-corrected chi connectivity index (χ1v) is 10.3. The van der Waals surface area contributed by atoms with Crippen LogP contribution in [0.15, 0.2) is 127 Å². The van der Waals surface area contributed by atoms with Crippen LogP contribution in [0.4, 0.5) is 0 Å². The molecule has 0 nitrogen and oxygen atoms in total. The van der Waals surface area contributed by atoms with Gasteiger partial charge in [-0.15, -0.1) is 0 Å². The van der Waals surface area contributed by atoms with Gasteiger partial charge in [-0.25, -0.2) is 0 Å². The topological polar surface area (TPSA) is 0 Å². The zero-order valence-electron chi connectivity index (χ0n) is 16.7. The second-order valence-electron chi connectivity index (χ2n) is 7.37. The van der Waals surface area contributed by atoms with Crippen LogP contribution in [-0.2, 0) is 0 Å². The Labute approximate surface area is 178 Å². The molecule has 0 atom stereocenters. The molecule has 0 N–H and O–H groups in total. The fourth-order valence-electron chi connectivity index (χ4n) is 4.13. The molecule has 0 unspecified atom stereocenters. The molecule has 0 bridgehead atoms. The van der Waals surface area contributed by atoms with Crippen LogP contribution in [0.3, 0.4) is 0 Å². The van der Waals surface area contributed by atoms with E-state index in [1.807, 2.05) is 0 Å². The van der Waals surface area contributed by atoms with Crippen molar-refractivity contribution in [3.63, 3.8) is 0 Å². The standard InChI is InChI=1S/C29H21B/c1-5-13-22(14-6-1)26-21-30-29(25-19-11-4-12-20-25)28(24-17-9-3-10-18-24)27(26)23-15-7-2-8-16-23/h1-21H. The predicted octanol–water partition coefficient (Wildman–Crippen LogP) is 7.69. The van der Waals surface area contributed by atoms with Crippen LogP contribution in [0.1, 0.15) is 0 Å². The second-order valence-corrected chi connectivity index (χ2v) is 7.37. The summed E-state index contributed by atoms with van der Waals surface area (Å²) in [5, 5.41) is 0. The molecule has 0 aliphatic carbocycles. The van der Waals surface area contributed by atoms with Crippen molar-refractivity contribution in [3.8, 4) is 44.4 Å². The average Bonchev–Trinajstić information content (AvgIpc) is 2.85. The fourth-order valence-corrected chi connectivity index (χ4v) is 4.13. The first-order chi connectivity index (χ1) is 14.9. The maximum atomic E-state index is 2.27. The van der Waals surface area contributed by atoms with E-state index in [1.54, 1.807) is 0 Å². The summed E-state index contributed by atoms with van der Waals surface area (Å²) in [6, 6.07) is 42.8. The molecule has 4 aromatic carbocycles. The van der Waals surface area contributed by atoms with Crippen molar-refractivity contribution in [2.24, 2.45) is 0 Å². The van der Waals surface area contributed by atoms with Gasteiger partial charge in [0.2, 0.25) is 0 Å². The Kier molecular flexibility index (Phi) is 5.10. The van der Waals surface area contributed by atoms with Crippen molar-refractivity contribution in [1.82, 2.24) is 0 Å². The molecule has 5 rings (SSSR count). The minimum atomic E-state index is 1.23. The first-order valence-electron chi connectivity index (χ1n) is 10.3. The van der Waals surface area contributed by atoms with Gasteiger partial charge in [0.1, 0.15) is 0 Å². The van der Waals surface area contributed by atoms with Crippen LogP contribution in [0.25, 0.3) is 44.4 Å². The number of hydrogen-bond donors (Lipinski definition) is 0. The van der Waals surface area contributed by atoms with Crippen LogP contribution < -0.4 is 0 Å². The summed E-state index contributed by atoms with van der Waals surface area (Å²) < 4.78 is 0. The Morgan fingerprint density at radius 2 is 0.767 bits per heavy atom. The summed E-state index contributed by atoms with van der Waals surface area (Å²) in [5.41, 5.74) is 9.96. The summed E-state index contributed by atoms with van der Waals surface area (Å²) in [7, 11) is 0. The van der Waals surface area contributed by atoms with Gasteiger partial charge in [0.05, 0.1) is 0 Å². The van der Waals surface area contributed by atoms with Crippen LogP contribution in [0, 0.1) is 0 Å². The van der Waals surface area contributed by atoms with Gasteiger partial charge >= 0.3 is 179 Å². The molecular formula is C29H21B. The van der Waals surface area contributed by atoms with E-state index in [0.717, 1.165) is 0 Å². The Morgan fingerprint density at radius 3 is 1.27 bits per heavy atom. The van der Waals surface area contributed by atoms with E-state index >= 15 is 0 Å². The predicted molar refractivity (Wildman–Crippen MR) is 130 cm³/mol. The zero-order chi connectivity index (χ0) is 20.2. The zero-order valence-corrected chi connectivity index (χ0v) is 16.7. The van der Waals surface area contributed by atoms with Crippen LogP contribution in [-0.4, -0.2) is 6.91 Å². The van der Waals surface area contributed by atoms with Gasteiger partial charge < -0.3 is 0 Å². The van der Waals surface area contributed by atoms with E-state index in [0.29, 0.717) is 0 Å². The summed E-state index contributed by atoms with van der Waals surface area (Å²) in [4.78, 5) is 0. The second kappa shape index (κ2) is 8.35. The summed E-state index contributed by atoms with van der Waals surface area (Å²) >= 11 is 0. The van der Waals surface area contributed by atoms with Crippen molar-refractivity contribution < 1.29 is 0 Å². The van der Waals surface area contributed by atoms with E-state index < -0.39 is 0 Å². The van der Waals surface area contributed by atoms with Gasteiger partial charge in [-0.05, 0) is 0 Å². The molecule has 5 aromatic rings. The third kappa shape index (κ3) is 3.51. The van der Waals surface area contributed by atoms with Gasteiger partial charge in [0.25, 0.3) is 0 Å². The van der Waals surface area contributed by atoms with Gasteiger partial charge in [0, 0.05) is 0 Å². The number of rotatable bonds is 4. The third-order valence-electron chi connectivity index (χ3n) is 5.50. The van der Waals surface area contributed by atoms with Crippen molar-refractivity contribution in [3.05, 3.63) is 127 Å². The minimum absolute atomic E-state index is 1.23. The molecule has 0 spiro atoms. The molecule has 0 fully saturated rings. The Hall–Kier alpha value is -3.71. The quantitative estimate of drug-likeness (QED) is 0.300. The molecule has 1 heterocycles. The van der Waals surface area contributed by atoms with Gasteiger partial charge in [-0.2, -0.15) is 0 Å². The van der Waals surface area contributed by atoms with Gasteiger partial charge in [-0.3, -0.25) is 0 Å². The molecule has 0 saturated heterocycles. The van der Waals surface area contributed by atoms with Crippen molar-refractivity contribution in [2.75, 3.05) is 0 Å². The van der Waals surface area contributed by atoms with E-state index in [1.165, 1.54) is 44.4 Å². The molecule has 0 saturated carbocycles. The van der Waals surface area contributed by atoms with Crippen LogP contribution >= 0.6 is 0 Å². The number of benzene rings is 4. The molecule has 0 aliphatic rings. The molecule has 140 valence electrons. The summed E-state index contributed by atoms with van der Waals surface area (Å²) in [5.74, 6) is 2.27. The molecule has 0 amide bonds. The van der Waals surface area contributed by atoms with E-state index in [9.17, 15) is 0 Å². The number of hydrogen-bond acceptors (Lipinski definition) is 0. The average molecular weight is 380 g/mol. The molecule has 1 heteroatoms. The van der Waals surface area contributed by atoms with Gasteiger partial charge in [-0.1, -0.05) is 0 Å². The summed E-state index contributed by atoms with van der Waals surface area (Å²) in [6.07, 6.45) is 0. The van der Waals surface area contributed by atoms with Gasteiger partial charge in [0.15, 0.2) is 0 Å². The van der Waals surface area contributed by atoms with Crippen LogP contribution in [0.2, 0.25) is 0 Å². The van der Waals surface area contributed by atoms with Crippen molar-refractivity contribution >= 4 is 6.91 Å². The molecule has 30 heavy (non-hydrogen) atoms. The first kappa shape index (κ1) is 18.3.